The predicted octanol–water partition coefficient (Wildman–Crippen LogP) is 7.31. The minimum absolute atomic E-state index is 0.0714. The summed E-state index contributed by atoms with van der Waals surface area (Å²) in [4.78, 5) is 24.1. The Bertz CT molecular complexity index is 1830. The zero-order valence-electron chi connectivity index (χ0n) is 27.6. The van der Waals surface area contributed by atoms with Crippen LogP contribution < -0.4 is 15.1 Å². The van der Waals surface area contributed by atoms with Gasteiger partial charge < -0.3 is 20.0 Å². The number of halogens is 2. The van der Waals surface area contributed by atoms with Crippen LogP contribution in [0.1, 0.15) is 35.3 Å². The van der Waals surface area contributed by atoms with Crippen LogP contribution in [0.25, 0.3) is 10.9 Å². The third-order valence-corrected chi connectivity index (χ3v) is 10.0. The third-order valence-electron chi connectivity index (χ3n) is 9.55. The second-order valence-corrected chi connectivity index (χ2v) is 13.6. The number of benzene rings is 3. The highest BCUT2D eigenvalue weighted by atomic mass is 35.5. The SMILES string of the molecule is CCN1CCN(c2nc(C)cc(N3CCN(Cc4ccc(C(Nc5ccnc6cc(Cl)ccc56)c5ccc(Cl)cc5)cc4)CC3)n2)CC1. The normalized spacial score (nSPS) is 16.8. The highest BCUT2D eigenvalue weighted by Crippen LogP contribution is 2.32. The van der Waals surface area contributed by atoms with Gasteiger partial charge >= 0.3 is 0 Å². The van der Waals surface area contributed by atoms with Gasteiger partial charge in [0, 0.05) is 98.0 Å². The topological polar surface area (TPSA) is 63.7 Å². The molecule has 1 N–H and O–H groups in total. The van der Waals surface area contributed by atoms with Crippen LogP contribution in [0.4, 0.5) is 17.5 Å². The van der Waals surface area contributed by atoms with Crippen molar-refractivity contribution < 1.29 is 0 Å². The lowest BCUT2D eigenvalue weighted by Gasteiger charge is -2.37. The van der Waals surface area contributed by atoms with Crippen LogP contribution in [0.5, 0.6) is 0 Å². The Kier molecular flexibility index (Phi) is 9.96. The van der Waals surface area contributed by atoms with Gasteiger partial charge in [0.15, 0.2) is 0 Å². The van der Waals surface area contributed by atoms with Gasteiger partial charge in [0.05, 0.1) is 11.6 Å². The number of hydrogen-bond acceptors (Lipinski definition) is 8. The summed E-state index contributed by atoms with van der Waals surface area (Å²) >= 11 is 12.5. The third kappa shape index (κ3) is 7.52. The molecule has 2 saturated heterocycles. The number of aromatic nitrogens is 3. The van der Waals surface area contributed by atoms with E-state index in [2.05, 4.69) is 86.2 Å². The number of rotatable bonds is 9. The molecular formula is C38H42Cl2N8. The van der Waals surface area contributed by atoms with E-state index in [4.69, 9.17) is 33.2 Å². The highest BCUT2D eigenvalue weighted by molar-refractivity contribution is 6.31. The van der Waals surface area contributed by atoms with Crippen molar-refractivity contribution in [2.24, 2.45) is 0 Å². The molecule has 4 heterocycles. The minimum Gasteiger partial charge on any atom is -0.374 e. The van der Waals surface area contributed by atoms with E-state index < -0.39 is 0 Å². The van der Waals surface area contributed by atoms with Crippen molar-refractivity contribution in [1.29, 1.82) is 0 Å². The van der Waals surface area contributed by atoms with E-state index in [0.29, 0.717) is 5.02 Å². The summed E-state index contributed by atoms with van der Waals surface area (Å²) in [6, 6.07) is 27.0. The summed E-state index contributed by atoms with van der Waals surface area (Å²) in [5.74, 6) is 1.92. The van der Waals surface area contributed by atoms with E-state index in [1.807, 2.05) is 42.6 Å². The molecule has 7 rings (SSSR count). The first-order chi connectivity index (χ1) is 23.4. The number of anilines is 3. The minimum atomic E-state index is -0.0714. The van der Waals surface area contributed by atoms with Crippen molar-refractivity contribution in [3.63, 3.8) is 0 Å². The maximum Gasteiger partial charge on any atom is 0.227 e. The summed E-state index contributed by atoms with van der Waals surface area (Å²) < 4.78 is 0. The molecule has 48 heavy (non-hydrogen) atoms. The molecular weight excluding hydrogens is 639 g/mol. The standard InChI is InChI=1S/C38H42Cl2N8/c1-3-45-16-22-48(23-17-45)38-42-27(2)24-36(44-38)47-20-18-46(19-21-47)26-28-4-6-29(7-5-28)37(30-8-10-31(39)11-9-30)43-34-14-15-41-35-25-32(40)12-13-33(34)35/h4-15,24-25,37H,3,16-23,26H2,1-2H3,(H,41,43). The second kappa shape index (κ2) is 14.7. The predicted molar refractivity (Wildman–Crippen MR) is 199 cm³/mol. The largest absolute Gasteiger partial charge is 0.374 e. The van der Waals surface area contributed by atoms with Crippen LogP contribution in [0, 0.1) is 6.92 Å². The zero-order valence-corrected chi connectivity index (χ0v) is 29.1. The Morgan fingerprint density at radius 1 is 0.708 bits per heavy atom. The van der Waals surface area contributed by atoms with E-state index in [-0.39, 0.29) is 6.04 Å². The second-order valence-electron chi connectivity index (χ2n) is 12.7. The Hall–Kier alpha value is -3.95. The molecule has 248 valence electrons. The fraction of sp³-hybridized carbons (Fsp3) is 0.342. The Balaban J connectivity index is 1.02. The molecule has 0 bridgehead atoms. The number of hydrogen-bond donors (Lipinski definition) is 1. The quantitative estimate of drug-likeness (QED) is 0.174. The van der Waals surface area contributed by atoms with E-state index >= 15 is 0 Å². The smallest absolute Gasteiger partial charge is 0.227 e. The maximum absolute atomic E-state index is 6.27. The van der Waals surface area contributed by atoms with Crippen molar-refractivity contribution in [2.75, 3.05) is 74.0 Å². The Morgan fingerprint density at radius 2 is 1.35 bits per heavy atom. The van der Waals surface area contributed by atoms with Crippen molar-refractivity contribution >= 4 is 51.6 Å². The van der Waals surface area contributed by atoms with Gasteiger partial charge in [0.2, 0.25) is 5.95 Å². The Morgan fingerprint density at radius 3 is 2.06 bits per heavy atom. The first kappa shape index (κ1) is 32.6. The summed E-state index contributed by atoms with van der Waals surface area (Å²) in [6.45, 7) is 14.3. The number of piperazine rings is 2. The first-order valence-electron chi connectivity index (χ1n) is 16.9. The van der Waals surface area contributed by atoms with Gasteiger partial charge in [-0.15, -0.1) is 0 Å². The summed E-state index contributed by atoms with van der Waals surface area (Å²) in [5.41, 5.74) is 6.51. The van der Waals surface area contributed by atoms with E-state index in [1.165, 1.54) is 11.1 Å². The lowest BCUT2D eigenvalue weighted by molar-refractivity contribution is 0.249. The van der Waals surface area contributed by atoms with Crippen molar-refractivity contribution in [3.05, 3.63) is 117 Å². The van der Waals surface area contributed by atoms with Crippen LogP contribution in [0.3, 0.4) is 0 Å². The lowest BCUT2D eigenvalue weighted by Crippen LogP contribution is -2.48. The van der Waals surface area contributed by atoms with Gasteiger partial charge in [0.25, 0.3) is 0 Å². The number of nitrogens with one attached hydrogen (secondary N) is 1. The molecule has 5 aromatic rings. The fourth-order valence-electron chi connectivity index (χ4n) is 6.73. The number of aryl methyl sites for hydroxylation is 1. The van der Waals surface area contributed by atoms with Crippen LogP contribution in [-0.2, 0) is 6.54 Å². The summed E-state index contributed by atoms with van der Waals surface area (Å²) in [5, 5.41) is 6.21. The van der Waals surface area contributed by atoms with Gasteiger partial charge in [-0.05, 0) is 66.6 Å². The van der Waals surface area contributed by atoms with Crippen LogP contribution >= 0.6 is 23.2 Å². The van der Waals surface area contributed by atoms with Gasteiger partial charge in [-0.2, -0.15) is 4.98 Å². The lowest BCUT2D eigenvalue weighted by atomic mass is 9.97. The van der Waals surface area contributed by atoms with Gasteiger partial charge in [-0.3, -0.25) is 9.88 Å². The highest BCUT2D eigenvalue weighted by Gasteiger charge is 2.23. The number of nitrogens with zero attached hydrogens (tertiary/aromatic N) is 7. The van der Waals surface area contributed by atoms with E-state index in [9.17, 15) is 0 Å². The molecule has 1 unspecified atom stereocenters. The van der Waals surface area contributed by atoms with Gasteiger partial charge in [0.1, 0.15) is 5.82 Å². The van der Waals surface area contributed by atoms with Crippen molar-refractivity contribution in [1.82, 2.24) is 24.8 Å². The van der Waals surface area contributed by atoms with Gasteiger partial charge in [-0.25, -0.2) is 4.98 Å². The number of likely N-dealkylation sites (N-methyl/N-ethyl adjacent to an activating group) is 1. The number of pyridine rings is 1. The average molecular weight is 682 g/mol. The molecule has 0 radical (unpaired) electrons. The van der Waals surface area contributed by atoms with Crippen LogP contribution in [-0.4, -0.2) is 83.7 Å². The summed E-state index contributed by atoms with van der Waals surface area (Å²) in [6.07, 6.45) is 1.82. The van der Waals surface area contributed by atoms with Crippen LogP contribution in [0.2, 0.25) is 10.0 Å². The molecule has 3 aromatic carbocycles. The molecule has 0 saturated carbocycles. The molecule has 2 fully saturated rings. The van der Waals surface area contributed by atoms with Crippen molar-refractivity contribution in [3.8, 4) is 0 Å². The molecule has 10 heteroatoms. The number of fused-ring (bicyclic) bond motifs is 1. The van der Waals surface area contributed by atoms with Crippen molar-refractivity contribution in [2.45, 2.75) is 26.4 Å². The molecule has 2 aliphatic rings. The monoisotopic (exact) mass is 680 g/mol. The Labute approximate surface area is 293 Å². The fourth-order valence-corrected chi connectivity index (χ4v) is 7.02. The summed E-state index contributed by atoms with van der Waals surface area (Å²) in [7, 11) is 0. The zero-order chi connectivity index (χ0) is 33.0. The molecule has 8 nitrogen and oxygen atoms in total. The van der Waals surface area contributed by atoms with E-state index in [0.717, 1.165) is 110 Å². The average Bonchev–Trinajstić information content (AvgIpc) is 3.11. The first-order valence-corrected chi connectivity index (χ1v) is 17.6. The molecule has 0 aliphatic carbocycles. The molecule has 0 amide bonds. The molecule has 0 spiro atoms. The molecule has 2 aromatic heterocycles. The maximum atomic E-state index is 6.27. The molecule has 2 aliphatic heterocycles. The van der Waals surface area contributed by atoms with Gasteiger partial charge in [-0.1, -0.05) is 66.5 Å². The molecule has 1 atom stereocenters. The van der Waals surface area contributed by atoms with E-state index in [1.54, 1.807) is 0 Å². The van der Waals surface area contributed by atoms with Crippen LogP contribution in [0.15, 0.2) is 85.1 Å².